The number of fused-ring (bicyclic) bond motifs is 1. The van der Waals surface area contributed by atoms with Crippen molar-refractivity contribution in [3.8, 4) is 11.3 Å². The Kier molecular flexibility index (Phi) is 5.33. The van der Waals surface area contributed by atoms with Gasteiger partial charge in [0.1, 0.15) is 5.69 Å². The van der Waals surface area contributed by atoms with E-state index in [1.165, 1.54) is 18.2 Å². The zero-order chi connectivity index (χ0) is 21.2. The van der Waals surface area contributed by atoms with Crippen LogP contribution in [0.2, 0.25) is 0 Å². The molecule has 11 heteroatoms. The van der Waals surface area contributed by atoms with E-state index in [4.69, 9.17) is 5.73 Å². The van der Waals surface area contributed by atoms with E-state index < -0.39 is 23.6 Å². The second-order valence-electron chi connectivity index (χ2n) is 5.78. The van der Waals surface area contributed by atoms with E-state index in [2.05, 4.69) is 15.3 Å². The molecule has 1 aromatic heterocycles. The number of hydrogen-bond acceptors (Lipinski definition) is 6. The van der Waals surface area contributed by atoms with E-state index in [1.807, 2.05) is 0 Å². The maximum Gasteiger partial charge on any atom is 0.493 e. The Morgan fingerprint density at radius 1 is 1.10 bits per heavy atom. The number of halogens is 3. The first-order valence-corrected chi connectivity index (χ1v) is 8.12. The molecular formula is C18H13F3N4O4. The molecule has 3 N–H and O–H groups in total. The van der Waals surface area contributed by atoms with Crippen LogP contribution in [-0.4, -0.2) is 34.5 Å². The van der Waals surface area contributed by atoms with E-state index >= 15 is 0 Å². The summed E-state index contributed by atoms with van der Waals surface area (Å²) in [4.78, 5) is 39.2. The molecule has 150 valence electrons. The third kappa shape index (κ3) is 4.24. The third-order valence-corrected chi connectivity index (χ3v) is 3.78. The molecule has 3 rings (SSSR count). The fourth-order valence-electron chi connectivity index (χ4n) is 2.53. The predicted molar refractivity (Wildman–Crippen MR) is 96.8 cm³/mol. The summed E-state index contributed by atoms with van der Waals surface area (Å²) in [6.45, 7) is -0.246. The predicted octanol–water partition coefficient (Wildman–Crippen LogP) is 1.48. The number of nitrogens with zero attached hydrogens (tertiary/aromatic N) is 2. The van der Waals surface area contributed by atoms with Crippen LogP contribution in [0.15, 0.2) is 53.3 Å². The van der Waals surface area contributed by atoms with Crippen molar-refractivity contribution in [1.29, 1.82) is 0 Å². The van der Waals surface area contributed by atoms with Gasteiger partial charge in [-0.3, -0.25) is 9.59 Å². The average Bonchev–Trinajstić information content (AvgIpc) is 2.69. The molecule has 0 unspecified atom stereocenters. The molecule has 29 heavy (non-hydrogen) atoms. The van der Waals surface area contributed by atoms with Gasteiger partial charge in [-0.25, -0.2) is 4.79 Å². The number of nitrogens with two attached hydrogens (primary N) is 1. The van der Waals surface area contributed by atoms with Crippen LogP contribution in [0, 0.1) is 0 Å². The highest BCUT2D eigenvalue weighted by Gasteiger charge is 2.42. The molecule has 0 spiro atoms. The molecule has 1 amide bonds. The van der Waals surface area contributed by atoms with Crippen molar-refractivity contribution < 1.29 is 27.6 Å². The van der Waals surface area contributed by atoms with E-state index in [0.717, 1.165) is 0 Å². The Hall–Kier alpha value is -3.73. The number of alkyl halides is 3. The van der Waals surface area contributed by atoms with Crippen molar-refractivity contribution in [2.75, 3.05) is 11.9 Å². The van der Waals surface area contributed by atoms with Gasteiger partial charge in [-0.2, -0.15) is 13.2 Å². The van der Waals surface area contributed by atoms with E-state index in [1.54, 1.807) is 30.3 Å². The summed E-state index contributed by atoms with van der Waals surface area (Å²) in [6.07, 6.45) is -5.31. The Balaban J connectivity index is 2.16. The van der Waals surface area contributed by atoms with Gasteiger partial charge >= 0.3 is 17.7 Å². The van der Waals surface area contributed by atoms with Crippen LogP contribution in [0.5, 0.6) is 0 Å². The van der Waals surface area contributed by atoms with Crippen LogP contribution in [-0.2, 0) is 9.59 Å². The van der Waals surface area contributed by atoms with Gasteiger partial charge in [-0.1, -0.05) is 30.3 Å². The minimum Gasteiger partial charge on any atom is -0.325 e. The molecule has 0 saturated carbocycles. The molecule has 3 aromatic rings. The first-order chi connectivity index (χ1) is 13.7. The number of benzene rings is 2. The highest BCUT2D eigenvalue weighted by molar-refractivity contribution is 5.96. The first kappa shape index (κ1) is 20.0. The molecule has 0 aliphatic heterocycles. The van der Waals surface area contributed by atoms with Crippen molar-refractivity contribution in [2.45, 2.75) is 6.18 Å². The van der Waals surface area contributed by atoms with Gasteiger partial charge in [-0.05, 0) is 23.0 Å². The molecule has 2 aromatic carbocycles. The number of hydrogen-bond donors (Lipinski definition) is 2. The van der Waals surface area contributed by atoms with Crippen LogP contribution in [0.1, 0.15) is 0 Å². The van der Waals surface area contributed by atoms with Crippen LogP contribution in [0.3, 0.4) is 0 Å². The number of carbonyl (C=O) groups is 2. The molecule has 0 radical (unpaired) electrons. The lowest BCUT2D eigenvalue weighted by Gasteiger charge is -2.12. The van der Waals surface area contributed by atoms with Gasteiger partial charge in [0, 0.05) is 16.6 Å². The summed E-state index contributed by atoms with van der Waals surface area (Å²) < 4.78 is 37.6. The largest absolute Gasteiger partial charge is 0.493 e. The van der Waals surface area contributed by atoms with Crippen molar-refractivity contribution >= 4 is 28.3 Å². The second kappa shape index (κ2) is 7.72. The zero-order valence-electron chi connectivity index (χ0n) is 14.6. The normalized spacial score (nSPS) is 11.3. The van der Waals surface area contributed by atoms with E-state index in [0.29, 0.717) is 16.6 Å². The molecule has 0 fully saturated rings. The van der Waals surface area contributed by atoms with Gasteiger partial charge < -0.3 is 15.9 Å². The van der Waals surface area contributed by atoms with Crippen LogP contribution < -0.4 is 21.4 Å². The Labute approximate surface area is 160 Å². The number of aromatic nitrogens is 2. The van der Waals surface area contributed by atoms with Crippen molar-refractivity contribution in [3.05, 3.63) is 58.9 Å². The molecule has 1 heterocycles. The van der Waals surface area contributed by atoms with Crippen molar-refractivity contribution in [2.24, 2.45) is 5.73 Å². The topological polar surface area (TPSA) is 116 Å². The quantitative estimate of drug-likeness (QED) is 0.678. The maximum absolute atomic E-state index is 12.5. The summed E-state index contributed by atoms with van der Waals surface area (Å²) in [6, 6.07) is 12.2. The van der Waals surface area contributed by atoms with Gasteiger partial charge in [0.05, 0.1) is 11.9 Å². The Bertz CT molecular complexity index is 1160. The summed E-state index contributed by atoms with van der Waals surface area (Å²) in [5, 5.41) is 6.63. The minimum absolute atomic E-state index is 0.00136. The molecular weight excluding hydrogens is 393 g/mol. The van der Waals surface area contributed by atoms with Gasteiger partial charge in [0.2, 0.25) is 5.91 Å². The monoisotopic (exact) mass is 406 g/mol. The summed E-state index contributed by atoms with van der Waals surface area (Å²) in [5.41, 5.74) is 5.00. The number of nitrogens with one attached hydrogen (secondary N) is 1. The number of amides is 1. The Morgan fingerprint density at radius 2 is 1.79 bits per heavy atom. The summed E-state index contributed by atoms with van der Waals surface area (Å²) in [7, 11) is 0. The molecule has 0 bridgehead atoms. The molecule has 0 atom stereocenters. The second-order valence-corrected chi connectivity index (χ2v) is 5.78. The number of anilines is 1. The zero-order valence-corrected chi connectivity index (χ0v) is 14.6. The average molecular weight is 406 g/mol. The minimum atomic E-state index is -5.31. The lowest BCUT2D eigenvalue weighted by atomic mass is 10.0. The van der Waals surface area contributed by atoms with Crippen LogP contribution in [0.4, 0.5) is 18.9 Å². The van der Waals surface area contributed by atoms with Gasteiger partial charge in [0.25, 0.3) is 0 Å². The van der Waals surface area contributed by atoms with Crippen molar-refractivity contribution in [3.63, 3.8) is 0 Å². The van der Waals surface area contributed by atoms with Crippen LogP contribution in [0.25, 0.3) is 22.0 Å². The highest BCUT2D eigenvalue weighted by atomic mass is 19.4. The fourth-order valence-corrected chi connectivity index (χ4v) is 2.53. The first-order valence-electron chi connectivity index (χ1n) is 8.12. The SMILES string of the molecule is NCC(=O)Nc1cccc(-c2nn(OC(=O)C(F)(F)F)c(=O)c3ccccc23)c1. The number of rotatable bonds is 4. The van der Waals surface area contributed by atoms with Crippen molar-refractivity contribution in [1.82, 2.24) is 9.94 Å². The van der Waals surface area contributed by atoms with Gasteiger partial charge in [0.15, 0.2) is 0 Å². The van der Waals surface area contributed by atoms with Gasteiger partial charge in [-0.15, -0.1) is 5.10 Å². The van der Waals surface area contributed by atoms with E-state index in [9.17, 15) is 27.6 Å². The lowest BCUT2D eigenvalue weighted by molar-refractivity contribution is -0.201. The van der Waals surface area contributed by atoms with E-state index in [-0.39, 0.29) is 22.5 Å². The lowest BCUT2D eigenvalue weighted by Crippen LogP contribution is -2.39. The summed E-state index contributed by atoms with van der Waals surface area (Å²) in [5.74, 6) is -3.04. The Morgan fingerprint density at radius 3 is 2.45 bits per heavy atom. The maximum atomic E-state index is 12.5. The third-order valence-electron chi connectivity index (χ3n) is 3.78. The molecule has 0 aliphatic rings. The summed E-state index contributed by atoms with van der Waals surface area (Å²) >= 11 is 0. The molecule has 0 aliphatic carbocycles. The highest BCUT2D eigenvalue weighted by Crippen LogP contribution is 2.26. The standard InChI is InChI=1S/C18H13F3N4O4/c19-18(20,21)17(28)29-25-16(27)13-7-2-1-6-12(13)15(24-25)10-4-3-5-11(8-10)23-14(26)9-22/h1-8H,9,22H2,(H,23,26). The smallest absolute Gasteiger partial charge is 0.325 e. The van der Waals surface area contributed by atoms with Crippen LogP contribution >= 0.6 is 0 Å². The molecule has 0 saturated heterocycles. The number of carbonyl (C=O) groups excluding carboxylic acids is 2. The fraction of sp³-hybridized carbons (Fsp3) is 0.111. The molecule has 8 nitrogen and oxygen atoms in total.